The molecule has 1 N–H and O–H groups in total. The maximum absolute atomic E-state index is 11.9. The zero-order valence-electron chi connectivity index (χ0n) is 11.4. The summed E-state index contributed by atoms with van der Waals surface area (Å²) in [5.41, 5.74) is 1.58. The maximum atomic E-state index is 11.9. The van der Waals surface area contributed by atoms with Crippen molar-refractivity contribution in [2.75, 3.05) is 18.9 Å². The lowest BCUT2D eigenvalue weighted by molar-refractivity contribution is -0.117. The molecule has 0 saturated carbocycles. The van der Waals surface area contributed by atoms with Gasteiger partial charge in [0.15, 0.2) is 5.15 Å². The van der Waals surface area contributed by atoms with Crippen LogP contribution in [-0.2, 0) is 18.4 Å². The van der Waals surface area contributed by atoms with E-state index in [0.29, 0.717) is 12.2 Å². The third kappa shape index (κ3) is 4.04. The summed E-state index contributed by atoms with van der Waals surface area (Å²) < 4.78 is 1.73. The Morgan fingerprint density at radius 1 is 1.55 bits per heavy atom. The molecule has 0 atom stereocenters. The molecule has 0 saturated heterocycles. The number of hydrogen-bond donors (Lipinski definition) is 1. The molecule has 1 amide bonds. The third-order valence-electron chi connectivity index (χ3n) is 2.66. The van der Waals surface area contributed by atoms with E-state index in [1.165, 1.54) is 0 Å². The van der Waals surface area contributed by atoms with Crippen molar-refractivity contribution < 1.29 is 4.79 Å². The fraction of sp³-hybridized carbons (Fsp3) is 0.308. The Balaban J connectivity index is 1.86. The lowest BCUT2D eigenvalue weighted by Gasteiger charge is -2.15. The third-order valence-corrected chi connectivity index (χ3v) is 2.96. The van der Waals surface area contributed by atoms with E-state index in [9.17, 15) is 4.79 Å². The second-order valence-electron chi connectivity index (χ2n) is 4.58. The SMILES string of the molecule is CN(CC(=O)Nc1cccnc1Cl)Cc1cnn(C)c1. The number of rotatable bonds is 5. The second kappa shape index (κ2) is 6.49. The zero-order chi connectivity index (χ0) is 14.5. The van der Waals surface area contributed by atoms with Gasteiger partial charge in [0.25, 0.3) is 0 Å². The number of amides is 1. The van der Waals surface area contributed by atoms with Gasteiger partial charge in [0.2, 0.25) is 5.91 Å². The van der Waals surface area contributed by atoms with Crippen LogP contribution in [0, 0.1) is 0 Å². The zero-order valence-corrected chi connectivity index (χ0v) is 12.1. The fourth-order valence-electron chi connectivity index (χ4n) is 1.84. The summed E-state index contributed by atoms with van der Waals surface area (Å²) in [6, 6.07) is 3.44. The van der Waals surface area contributed by atoms with Gasteiger partial charge in [-0.05, 0) is 19.2 Å². The fourth-order valence-corrected chi connectivity index (χ4v) is 2.00. The summed E-state index contributed by atoms with van der Waals surface area (Å²) >= 11 is 5.89. The lowest BCUT2D eigenvalue weighted by Crippen LogP contribution is -2.29. The molecule has 106 valence electrons. The number of halogens is 1. The standard InChI is InChI=1S/C13H16ClN5O/c1-18(7-10-6-16-19(2)8-10)9-12(20)17-11-4-3-5-15-13(11)14/h3-6,8H,7,9H2,1-2H3,(H,17,20). The van der Waals surface area contributed by atoms with Crippen LogP contribution in [0.4, 0.5) is 5.69 Å². The minimum atomic E-state index is -0.133. The molecule has 0 spiro atoms. The molecule has 2 heterocycles. The highest BCUT2D eigenvalue weighted by atomic mass is 35.5. The minimum Gasteiger partial charge on any atom is -0.322 e. The Labute approximate surface area is 122 Å². The van der Waals surface area contributed by atoms with E-state index in [0.717, 1.165) is 5.56 Å². The van der Waals surface area contributed by atoms with Gasteiger partial charge in [-0.3, -0.25) is 14.4 Å². The molecule has 0 aliphatic heterocycles. The summed E-state index contributed by atoms with van der Waals surface area (Å²) in [7, 11) is 3.73. The molecule has 2 rings (SSSR count). The lowest BCUT2D eigenvalue weighted by atomic mass is 10.3. The van der Waals surface area contributed by atoms with Gasteiger partial charge in [0.05, 0.1) is 18.4 Å². The van der Waals surface area contributed by atoms with Crippen molar-refractivity contribution in [1.82, 2.24) is 19.7 Å². The molecule has 0 aliphatic carbocycles. The van der Waals surface area contributed by atoms with Crippen LogP contribution in [0.2, 0.25) is 5.15 Å². The number of hydrogen-bond acceptors (Lipinski definition) is 4. The Hall–Kier alpha value is -1.92. The number of nitrogens with zero attached hydrogens (tertiary/aromatic N) is 4. The van der Waals surface area contributed by atoms with Crippen molar-refractivity contribution in [3.63, 3.8) is 0 Å². The largest absolute Gasteiger partial charge is 0.322 e. The smallest absolute Gasteiger partial charge is 0.238 e. The van der Waals surface area contributed by atoms with Gasteiger partial charge < -0.3 is 5.32 Å². The van der Waals surface area contributed by atoms with E-state index >= 15 is 0 Å². The first-order chi connectivity index (χ1) is 9.54. The van der Waals surface area contributed by atoms with Gasteiger partial charge >= 0.3 is 0 Å². The predicted molar refractivity (Wildman–Crippen MR) is 77.4 cm³/mol. The Kier molecular flexibility index (Phi) is 4.70. The average molecular weight is 294 g/mol. The van der Waals surface area contributed by atoms with Gasteiger partial charge in [-0.25, -0.2) is 4.98 Å². The number of likely N-dealkylation sites (N-methyl/N-ethyl adjacent to an activating group) is 1. The highest BCUT2D eigenvalue weighted by molar-refractivity contribution is 6.32. The molecular formula is C13H16ClN5O. The molecule has 0 unspecified atom stereocenters. The van der Waals surface area contributed by atoms with Gasteiger partial charge in [0, 0.05) is 31.5 Å². The van der Waals surface area contributed by atoms with E-state index in [-0.39, 0.29) is 17.6 Å². The van der Waals surface area contributed by atoms with Crippen molar-refractivity contribution in [1.29, 1.82) is 0 Å². The van der Waals surface area contributed by atoms with E-state index < -0.39 is 0 Å². The van der Waals surface area contributed by atoms with Crippen LogP contribution in [0.1, 0.15) is 5.56 Å². The predicted octanol–water partition coefficient (Wildman–Crippen LogP) is 1.54. The molecular weight excluding hydrogens is 278 g/mol. The highest BCUT2D eigenvalue weighted by Crippen LogP contribution is 2.17. The summed E-state index contributed by atoms with van der Waals surface area (Å²) in [5, 5.41) is 7.12. The number of pyridine rings is 1. The summed E-state index contributed by atoms with van der Waals surface area (Å²) in [6.45, 7) is 0.919. The molecule has 0 aliphatic rings. The average Bonchev–Trinajstić information content (AvgIpc) is 2.77. The topological polar surface area (TPSA) is 63.1 Å². The molecule has 0 radical (unpaired) electrons. The molecule has 6 nitrogen and oxygen atoms in total. The number of aromatic nitrogens is 3. The van der Waals surface area contributed by atoms with Gasteiger partial charge in [-0.1, -0.05) is 11.6 Å². The molecule has 0 fully saturated rings. The Morgan fingerprint density at radius 3 is 3.00 bits per heavy atom. The summed E-state index contributed by atoms with van der Waals surface area (Å²) in [4.78, 5) is 17.7. The van der Waals surface area contributed by atoms with Gasteiger partial charge in [-0.2, -0.15) is 5.10 Å². The minimum absolute atomic E-state index is 0.133. The monoisotopic (exact) mass is 293 g/mol. The van der Waals surface area contributed by atoms with Crippen LogP contribution >= 0.6 is 11.6 Å². The molecule has 7 heteroatoms. The van der Waals surface area contributed by atoms with E-state index in [2.05, 4.69) is 15.4 Å². The van der Waals surface area contributed by atoms with Crippen LogP contribution in [0.3, 0.4) is 0 Å². The van der Waals surface area contributed by atoms with Crippen molar-refractivity contribution in [3.8, 4) is 0 Å². The van der Waals surface area contributed by atoms with Crippen molar-refractivity contribution >= 4 is 23.2 Å². The van der Waals surface area contributed by atoms with Crippen molar-refractivity contribution in [2.24, 2.45) is 7.05 Å². The number of nitrogens with one attached hydrogen (secondary N) is 1. The summed E-state index contributed by atoms with van der Waals surface area (Å²) in [6.07, 6.45) is 5.28. The van der Waals surface area contributed by atoms with E-state index in [4.69, 9.17) is 11.6 Å². The van der Waals surface area contributed by atoms with E-state index in [1.807, 2.05) is 25.2 Å². The number of anilines is 1. The molecule has 0 bridgehead atoms. The maximum Gasteiger partial charge on any atom is 0.238 e. The quantitative estimate of drug-likeness (QED) is 0.850. The first-order valence-corrected chi connectivity index (χ1v) is 6.49. The van der Waals surface area contributed by atoms with Gasteiger partial charge in [0.1, 0.15) is 0 Å². The van der Waals surface area contributed by atoms with E-state index in [1.54, 1.807) is 29.2 Å². The second-order valence-corrected chi connectivity index (χ2v) is 4.94. The summed E-state index contributed by atoms with van der Waals surface area (Å²) in [5.74, 6) is -0.133. The Bertz CT molecular complexity index is 598. The Morgan fingerprint density at radius 2 is 2.35 bits per heavy atom. The first kappa shape index (κ1) is 14.5. The number of carbonyl (C=O) groups is 1. The molecule has 20 heavy (non-hydrogen) atoms. The van der Waals surface area contributed by atoms with Crippen molar-refractivity contribution in [2.45, 2.75) is 6.54 Å². The van der Waals surface area contributed by atoms with Crippen LogP contribution in [0.25, 0.3) is 0 Å². The normalized spacial score (nSPS) is 10.8. The van der Waals surface area contributed by atoms with Gasteiger partial charge in [-0.15, -0.1) is 0 Å². The molecule has 0 aromatic carbocycles. The molecule has 2 aromatic rings. The first-order valence-electron chi connectivity index (χ1n) is 6.11. The highest BCUT2D eigenvalue weighted by Gasteiger charge is 2.10. The molecule has 2 aromatic heterocycles. The van der Waals surface area contributed by atoms with Crippen LogP contribution < -0.4 is 5.32 Å². The number of carbonyl (C=O) groups excluding carboxylic acids is 1. The van der Waals surface area contributed by atoms with Crippen LogP contribution in [0.5, 0.6) is 0 Å². The van der Waals surface area contributed by atoms with Crippen LogP contribution in [0.15, 0.2) is 30.7 Å². The van der Waals surface area contributed by atoms with Crippen molar-refractivity contribution in [3.05, 3.63) is 41.4 Å². The van der Waals surface area contributed by atoms with Crippen LogP contribution in [-0.4, -0.2) is 39.2 Å². The number of aryl methyl sites for hydroxylation is 1.